The molecule has 0 aliphatic heterocycles. The Morgan fingerprint density at radius 1 is 1.62 bits per heavy atom. The Hall–Kier alpha value is -1.14. The van der Waals surface area contributed by atoms with Crippen LogP contribution in [0, 0.1) is 0 Å². The average Bonchev–Trinajstić information content (AvgIpc) is 2.03. The largest absolute Gasteiger partial charge is 0.478 e. The van der Waals surface area contributed by atoms with Crippen LogP contribution in [0.2, 0.25) is 0 Å². The fourth-order valence-electron chi connectivity index (χ4n) is 0.610. The Balaban J connectivity index is 4.61. The lowest BCUT2D eigenvalue weighted by Crippen LogP contribution is -2.53. The van der Waals surface area contributed by atoms with Gasteiger partial charge < -0.3 is 21.3 Å². The van der Waals surface area contributed by atoms with E-state index < -0.39 is 23.6 Å². The molecule has 0 fully saturated rings. The van der Waals surface area contributed by atoms with Gasteiger partial charge in [-0.05, 0) is 13.8 Å². The fraction of sp³-hybridized carbons (Fsp3) is 0.714. The van der Waals surface area contributed by atoms with Gasteiger partial charge in [0.05, 0.1) is 12.6 Å². The minimum atomic E-state index is -1.71. The summed E-state index contributed by atoms with van der Waals surface area (Å²) in [6.45, 7) is 2.31. The Labute approximate surface area is 75.8 Å². The van der Waals surface area contributed by atoms with E-state index in [4.69, 9.17) is 16.6 Å². The molecule has 5 N–H and O–H groups in total. The van der Waals surface area contributed by atoms with Crippen LogP contribution in [0.4, 0.5) is 0 Å². The second kappa shape index (κ2) is 4.20. The van der Waals surface area contributed by atoms with Gasteiger partial charge in [0.15, 0.2) is 0 Å². The first-order valence-corrected chi connectivity index (χ1v) is 3.75. The van der Waals surface area contributed by atoms with Gasteiger partial charge in [-0.2, -0.15) is 0 Å². The van der Waals surface area contributed by atoms with Crippen LogP contribution in [0.5, 0.6) is 0 Å². The van der Waals surface area contributed by atoms with Crippen molar-refractivity contribution in [3.63, 3.8) is 0 Å². The molecule has 0 amide bonds. The third kappa shape index (κ3) is 2.67. The first kappa shape index (κ1) is 11.9. The molecule has 6 heteroatoms. The van der Waals surface area contributed by atoms with Crippen molar-refractivity contribution in [3.05, 3.63) is 0 Å². The molecule has 0 aromatic heterocycles. The van der Waals surface area contributed by atoms with Crippen LogP contribution in [-0.2, 0) is 14.3 Å². The maximum Gasteiger partial charge on any atom is 0.349 e. The number of hydrogen-bond donors (Lipinski definition) is 3. The number of hydrogen-bond acceptors (Lipinski definition) is 5. The zero-order chi connectivity index (χ0) is 10.6. The Bertz CT molecular complexity index is 217. The zero-order valence-corrected chi connectivity index (χ0v) is 7.61. The summed E-state index contributed by atoms with van der Waals surface area (Å²) in [5, 5.41) is 8.75. The van der Waals surface area contributed by atoms with Gasteiger partial charge in [-0.25, -0.2) is 4.79 Å². The SMILES string of the molecule is CC(N)[C@](C)(OC(=O)CN)C(=O)O. The summed E-state index contributed by atoms with van der Waals surface area (Å²) in [4.78, 5) is 21.5. The second-order valence-corrected chi connectivity index (χ2v) is 2.88. The van der Waals surface area contributed by atoms with Gasteiger partial charge in [0.1, 0.15) is 0 Å². The van der Waals surface area contributed by atoms with Crippen LogP contribution < -0.4 is 11.5 Å². The second-order valence-electron chi connectivity index (χ2n) is 2.88. The zero-order valence-electron chi connectivity index (χ0n) is 7.61. The normalized spacial score (nSPS) is 17.2. The smallest absolute Gasteiger partial charge is 0.349 e. The molecule has 0 rings (SSSR count). The highest BCUT2D eigenvalue weighted by molar-refractivity contribution is 5.82. The minimum Gasteiger partial charge on any atom is -0.478 e. The Kier molecular flexibility index (Phi) is 3.83. The van der Waals surface area contributed by atoms with E-state index in [0.29, 0.717) is 0 Å². The molecule has 0 bridgehead atoms. The molecule has 0 aliphatic carbocycles. The molecule has 6 nitrogen and oxygen atoms in total. The molecule has 0 aliphatic rings. The van der Waals surface area contributed by atoms with Gasteiger partial charge in [0.2, 0.25) is 5.60 Å². The molecule has 0 heterocycles. The van der Waals surface area contributed by atoms with Gasteiger partial charge in [-0.15, -0.1) is 0 Å². The average molecular weight is 190 g/mol. The maximum atomic E-state index is 10.8. The summed E-state index contributed by atoms with van der Waals surface area (Å²) in [6.07, 6.45) is 0. The molecular weight excluding hydrogens is 176 g/mol. The molecular formula is C7H14N2O4. The summed E-state index contributed by atoms with van der Waals surface area (Å²) >= 11 is 0. The number of esters is 1. The Morgan fingerprint density at radius 2 is 2.08 bits per heavy atom. The lowest BCUT2D eigenvalue weighted by molar-refractivity contribution is -0.177. The predicted octanol–water partition coefficient (Wildman–Crippen LogP) is -1.32. The number of carboxylic acids is 1. The van der Waals surface area contributed by atoms with Crippen LogP contribution in [0.25, 0.3) is 0 Å². The number of carbonyl (C=O) groups is 2. The summed E-state index contributed by atoms with van der Waals surface area (Å²) in [5.74, 6) is -2.08. The number of nitrogens with two attached hydrogens (primary N) is 2. The standard InChI is InChI=1S/C7H14N2O4/c1-4(9)7(2,6(11)12)13-5(10)3-8/h4H,3,8-9H2,1-2H3,(H,11,12)/t4?,7-/m0/s1. The van der Waals surface area contributed by atoms with Gasteiger partial charge in [0.25, 0.3) is 0 Å². The third-order valence-corrected chi connectivity index (χ3v) is 1.79. The van der Waals surface area contributed by atoms with Crippen molar-refractivity contribution >= 4 is 11.9 Å². The first-order chi connectivity index (χ1) is 5.84. The minimum absolute atomic E-state index is 0.365. The summed E-state index contributed by atoms with van der Waals surface area (Å²) < 4.78 is 4.62. The van der Waals surface area contributed by atoms with Crippen LogP contribution in [0.3, 0.4) is 0 Å². The quantitative estimate of drug-likeness (QED) is 0.473. The van der Waals surface area contributed by atoms with Crippen LogP contribution in [0.15, 0.2) is 0 Å². The number of carbonyl (C=O) groups excluding carboxylic acids is 1. The van der Waals surface area contributed by atoms with Crippen molar-refractivity contribution in [1.29, 1.82) is 0 Å². The molecule has 0 saturated carbocycles. The van der Waals surface area contributed by atoms with Crippen molar-refractivity contribution in [2.75, 3.05) is 6.54 Å². The molecule has 0 saturated heterocycles. The molecule has 0 spiro atoms. The molecule has 0 radical (unpaired) electrons. The van der Waals surface area contributed by atoms with Crippen LogP contribution in [-0.4, -0.2) is 35.2 Å². The molecule has 0 aromatic rings. The van der Waals surface area contributed by atoms with E-state index in [2.05, 4.69) is 4.74 Å². The highest BCUT2D eigenvalue weighted by Crippen LogP contribution is 2.14. The number of rotatable bonds is 4. The molecule has 13 heavy (non-hydrogen) atoms. The van der Waals surface area contributed by atoms with E-state index >= 15 is 0 Å². The molecule has 76 valence electrons. The number of ether oxygens (including phenoxy) is 1. The number of carboxylic acid groups (broad SMARTS) is 1. The van der Waals surface area contributed by atoms with Crippen molar-refractivity contribution in [1.82, 2.24) is 0 Å². The van der Waals surface area contributed by atoms with Crippen molar-refractivity contribution in [2.24, 2.45) is 11.5 Å². The molecule has 0 aromatic carbocycles. The van der Waals surface area contributed by atoms with Gasteiger partial charge in [-0.3, -0.25) is 4.79 Å². The summed E-state index contributed by atoms with van der Waals surface area (Å²) in [6, 6.07) is -0.805. The fourth-order valence-corrected chi connectivity index (χ4v) is 0.610. The monoisotopic (exact) mass is 190 g/mol. The van der Waals surface area contributed by atoms with E-state index in [-0.39, 0.29) is 6.54 Å². The molecule has 1 unspecified atom stereocenters. The van der Waals surface area contributed by atoms with Gasteiger partial charge in [-0.1, -0.05) is 0 Å². The maximum absolute atomic E-state index is 10.8. The van der Waals surface area contributed by atoms with E-state index in [1.54, 1.807) is 0 Å². The van der Waals surface area contributed by atoms with E-state index in [1.165, 1.54) is 13.8 Å². The summed E-state index contributed by atoms with van der Waals surface area (Å²) in [5.41, 5.74) is 8.64. The van der Waals surface area contributed by atoms with Crippen LogP contribution in [0.1, 0.15) is 13.8 Å². The number of aliphatic carboxylic acids is 1. The topological polar surface area (TPSA) is 116 Å². The van der Waals surface area contributed by atoms with Crippen molar-refractivity contribution in [3.8, 4) is 0 Å². The lowest BCUT2D eigenvalue weighted by atomic mass is 9.99. The highest BCUT2D eigenvalue weighted by Gasteiger charge is 2.41. The molecule has 2 atom stereocenters. The lowest BCUT2D eigenvalue weighted by Gasteiger charge is -2.28. The summed E-state index contributed by atoms with van der Waals surface area (Å²) in [7, 11) is 0. The Morgan fingerprint density at radius 3 is 2.31 bits per heavy atom. The van der Waals surface area contributed by atoms with Crippen molar-refractivity contribution < 1.29 is 19.4 Å². The van der Waals surface area contributed by atoms with Crippen molar-refractivity contribution in [2.45, 2.75) is 25.5 Å². The first-order valence-electron chi connectivity index (χ1n) is 3.75. The van der Waals surface area contributed by atoms with Crippen LogP contribution >= 0.6 is 0 Å². The predicted molar refractivity (Wildman–Crippen MR) is 44.8 cm³/mol. The van der Waals surface area contributed by atoms with E-state index in [9.17, 15) is 9.59 Å². The van der Waals surface area contributed by atoms with Gasteiger partial charge >= 0.3 is 11.9 Å². The van der Waals surface area contributed by atoms with E-state index in [0.717, 1.165) is 0 Å². The highest BCUT2D eigenvalue weighted by atomic mass is 16.6. The van der Waals surface area contributed by atoms with E-state index in [1.807, 2.05) is 0 Å². The van der Waals surface area contributed by atoms with Gasteiger partial charge in [0, 0.05) is 0 Å². The third-order valence-electron chi connectivity index (χ3n) is 1.79.